The van der Waals surface area contributed by atoms with Crippen LogP contribution < -0.4 is 0 Å². The third-order valence-electron chi connectivity index (χ3n) is 0.994. The van der Waals surface area contributed by atoms with E-state index in [9.17, 15) is 0 Å². The van der Waals surface area contributed by atoms with Gasteiger partial charge in [0.1, 0.15) is 0 Å². The van der Waals surface area contributed by atoms with Gasteiger partial charge in [-0.05, 0) is 0 Å². The summed E-state index contributed by atoms with van der Waals surface area (Å²) >= 11 is 0. The zero-order valence-corrected chi connectivity index (χ0v) is 6.92. The zero-order valence-electron chi connectivity index (χ0n) is 6.92. The lowest BCUT2D eigenvalue weighted by atomic mass is 10.7. The molecule has 0 radical (unpaired) electrons. The van der Waals surface area contributed by atoms with Crippen LogP contribution in [0.4, 0.5) is 0 Å². The average molecular weight is 148 g/mol. The van der Waals surface area contributed by atoms with Crippen LogP contribution in [0.3, 0.4) is 0 Å². The molecule has 0 saturated carbocycles. The predicted molar refractivity (Wildman–Crippen MR) is 38.9 cm³/mol. The van der Waals surface area contributed by atoms with E-state index in [1.807, 2.05) is 13.8 Å². The van der Waals surface area contributed by atoms with Gasteiger partial charge in [0, 0.05) is 7.11 Å². The van der Waals surface area contributed by atoms with Gasteiger partial charge in [0.05, 0.1) is 19.8 Å². The number of hydrogen-bond donors (Lipinski definition) is 0. The lowest BCUT2D eigenvalue weighted by Gasteiger charge is -2.04. The van der Waals surface area contributed by atoms with Crippen molar-refractivity contribution in [1.82, 2.24) is 0 Å². The maximum atomic E-state index is 5.05. The third kappa shape index (κ3) is 3.82. The molecular formula is C7H16O3. The fourth-order valence-electron chi connectivity index (χ4n) is 0.640. The molecule has 3 heteroatoms. The summed E-state index contributed by atoms with van der Waals surface area (Å²) < 4.78 is 14.9. The van der Waals surface area contributed by atoms with Crippen molar-refractivity contribution in [2.75, 3.05) is 26.9 Å². The molecule has 0 unspecified atom stereocenters. The minimum absolute atomic E-state index is 0.111. The van der Waals surface area contributed by atoms with E-state index in [1.165, 1.54) is 0 Å². The summed E-state index contributed by atoms with van der Waals surface area (Å²) in [4.78, 5) is 0. The van der Waals surface area contributed by atoms with Crippen molar-refractivity contribution in [1.29, 1.82) is 0 Å². The summed E-state index contributed by atoms with van der Waals surface area (Å²) in [6.45, 7) is 5.95. The minimum atomic E-state index is -0.111. The fourth-order valence-corrected chi connectivity index (χ4v) is 0.640. The monoisotopic (exact) mass is 148 g/mol. The zero-order chi connectivity index (χ0) is 7.82. The van der Waals surface area contributed by atoms with Crippen LogP contribution in [0.5, 0.6) is 0 Å². The van der Waals surface area contributed by atoms with Crippen LogP contribution in [0, 0.1) is 0 Å². The highest BCUT2D eigenvalue weighted by atomic mass is 16.7. The molecular weight excluding hydrogens is 132 g/mol. The van der Waals surface area contributed by atoms with Crippen molar-refractivity contribution in [2.24, 2.45) is 0 Å². The van der Waals surface area contributed by atoms with Crippen LogP contribution in [-0.2, 0) is 14.2 Å². The summed E-state index contributed by atoms with van der Waals surface area (Å²) in [5.74, 6) is 0. The van der Waals surface area contributed by atoms with Crippen LogP contribution >= 0.6 is 0 Å². The summed E-state index contributed by atoms with van der Waals surface area (Å²) in [6.07, 6.45) is -0.111. The molecule has 3 nitrogen and oxygen atoms in total. The molecule has 1 saturated heterocycles. The predicted octanol–water partition coefficient (Wildman–Crippen LogP) is 1.03. The molecule has 0 aromatic rings. The van der Waals surface area contributed by atoms with Gasteiger partial charge in [0.25, 0.3) is 0 Å². The van der Waals surface area contributed by atoms with E-state index in [0.29, 0.717) is 19.8 Å². The van der Waals surface area contributed by atoms with E-state index in [4.69, 9.17) is 14.2 Å². The van der Waals surface area contributed by atoms with Crippen molar-refractivity contribution in [3.8, 4) is 0 Å². The first-order valence-corrected chi connectivity index (χ1v) is 3.65. The van der Waals surface area contributed by atoms with Crippen molar-refractivity contribution in [3.05, 3.63) is 0 Å². The normalized spacial score (nSPS) is 18.3. The molecule has 1 fully saturated rings. The van der Waals surface area contributed by atoms with Crippen LogP contribution in [0.25, 0.3) is 0 Å². The summed E-state index contributed by atoms with van der Waals surface area (Å²) in [5, 5.41) is 0. The van der Waals surface area contributed by atoms with Crippen LogP contribution in [0.2, 0.25) is 0 Å². The lowest BCUT2D eigenvalue weighted by molar-refractivity contribution is -0.0846. The molecule has 1 heterocycles. The average Bonchev–Trinajstić information content (AvgIpc) is 2.46. The Bertz CT molecular complexity index is 59.9. The standard InChI is InChI=1S/C5H10O3.C2H6/c1-6-4-5-7-2-3-8-5;1-2/h5H,2-4H2,1H3;1-2H3. The molecule has 0 aromatic carbocycles. The van der Waals surface area contributed by atoms with E-state index in [1.54, 1.807) is 7.11 Å². The van der Waals surface area contributed by atoms with Crippen molar-refractivity contribution in [3.63, 3.8) is 0 Å². The van der Waals surface area contributed by atoms with Crippen LogP contribution in [0.15, 0.2) is 0 Å². The molecule has 0 aromatic heterocycles. The Morgan fingerprint density at radius 2 is 1.80 bits per heavy atom. The first-order valence-electron chi connectivity index (χ1n) is 3.65. The second kappa shape index (κ2) is 6.99. The number of hydrogen-bond acceptors (Lipinski definition) is 3. The maximum Gasteiger partial charge on any atom is 0.181 e. The molecule has 62 valence electrons. The molecule has 1 aliphatic rings. The van der Waals surface area contributed by atoms with Gasteiger partial charge in [-0.15, -0.1) is 0 Å². The van der Waals surface area contributed by atoms with Crippen molar-refractivity contribution >= 4 is 0 Å². The molecule has 0 atom stereocenters. The van der Waals surface area contributed by atoms with Gasteiger partial charge in [-0.1, -0.05) is 13.8 Å². The van der Waals surface area contributed by atoms with Gasteiger partial charge < -0.3 is 14.2 Å². The highest BCUT2D eigenvalue weighted by Gasteiger charge is 2.14. The topological polar surface area (TPSA) is 27.7 Å². The lowest BCUT2D eigenvalue weighted by Crippen LogP contribution is -2.14. The quantitative estimate of drug-likeness (QED) is 0.585. The molecule has 0 amide bonds. The molecule has 1 aliphatic heterocycles. The first-order chi connectivity index (χ1) is 4.93. The van der Waals surface area contributed by atoms with Gasteiger partial charge in [-0.3, -0.25) is 0 Å². The van der Waals surface area contributed by atoms with E-state index in [2.05, 4.69) is 0 Å². The minimum Gasteiger partial charge on any atom is -0.379 e. The molecule has 0 N–H and O–H groups in total. The molecule has 0 bridgehead atoms. The van der Waals surface area contributed by atoms with Gasteiger partial charge in [-0.2, -0.15) is 0 Å². The summed E-state index contributed by atoms with van der Waals surface area (Å²) in [5.41, 5.74) is 0. The van der Waals surface area contributed by atoms with Crippen molar-refractivity contribution in [2.45, 2.75) is 20.1 Å². The summed E-state index contributed by atoms with van der Waals surface area (Å²) in [6, 6.07) is 0. The van der Waals surface area contributed by atoms with Crippen LogP contribution in [0.1, 0.15) is 13.8 Å². The van der Waals surface area contributed by atoms with E-state index < -0.39 is 0 Å². The van der Waals surface area contributed by atoms with Crippen molar-refractivity contribution < 1.29 is 14.2 Å². The number of ether oxygens (including phenoxy) is 3. The van der Waals surface area contributed by atoms with E-state index in [-0.39, 0.29) is 6.29 Å². The highest BCUT2D eigenvalue weighted by Crippen LogP contribution is 2.02. The molecule has 10 heavy (non-hydrogen) atoms. The maximum absolute atomic E-state index is 5.05. The van der Waals surface area contributed by atoms with Crippen LogP contribution in [-0.4, -0.2) is 33.2 Å². The number of methoxy groups -OCH3 is 1. The Balaban J connectivity index is 0.000000371. The fraction of sp³-hybridized carbons (Fsp3) is 1.00. The smallest absolute Gasteiger partial charge is 0.181 e. The van der Waals surface area contributed by atoms with Gasteiger partial charge in [-0.25, -0.2) is 0 Å². The highest BCUT2D eigenvalue weighted by molar-refractivity contribution is 4.47. The summed E-state index contributed by atoms with van der Waals surface area (Å²) in [7, 11) is 1.63. The Morgan fingerprint density at radius 1 is 1.30 bits per heavy atom. The van der Waals surface area contributed by atoms with E-state index >= 15 is 0 Å². The second-order valence-corrected chi connectivity index (χ2v) is 1.63. The Kier molecular flexibility index (Phi) is 6.91. The Labute approximate surface area is 62.3 Å². The number of rotatable bonds is 2. The Morgan fingerprint density at radius 3 is 2.20 bits per heavy atom. The van der Waals surface area contributed by atoms with Gasteiger partial charge >= 0.3 is 0 Å². The molecule has 1 rings (SSSR count). The molecule has 0 aliphatic carbocycles. The molecule has 0 spiro atoms. The third-order valence-corrected chi connectivity index (χ3v) is 0.994. The first kappa shape index (κ1) is 9.88. The van der Waals surface area contributed by atoms with Gasteiger partial charge in [0.2, 0.25) is 0 Å². The van der Waals surface area contributed by atoms with Gasteiger partial charge in [0.15, 0.2) is 6.29 Å². The second-order valence-electron chi connectivity index (χ2n) is 1.63. The SMILES string of the molecule is CC.COCC1OCCO1. The largest absolute Gasteiger partial charge is 0.379 e. The van der Waals surface area contributed by atoms with E-state index in [0.717, 1.165) is 0 Å². The Hall–Kier alpha value is -0.120.